The van der Waals surface area contributed by atoms with Crippen molar-refractivity contribution in [1.82, 2.24) is 20.5 Å². The second-order valence-corrected chi connectivity index (χ2v) is 6.97. The van der Waals surface area contributed by atoms with Crippen molar-refractivity contribution in [2.24, 2.45) is 0 Å². The first-order chi connectivity index (χ1) is 12.7. The number of rotatable bonds is 3. The fourth-order valence-corrected chi connectivity index (χ4v) is 3.69. The number of piperazine rings is 1. The predicted octanol–water partition coefficient (Wildman–Crippen LogP) is 1.34. The SMILES string of the molecule is O=C1CN(C2=Cc3nc(NC(=O)NC4CCCC4)ccc3NC2)CCN1. The monoisotopic (exact) mass is 356 g/mol. The second-order valence-electron chi connectivity index (χ2n) is 6.97. The number of carbonyl (C=O) groups is 2. The molecule has 1 aromatic rings. The minimum Gasteiger partial charge on any atom is -0.378 e. The molecular weight excluding hydrogens is 332 g/mol. The minimum atomic E-state index is -0.204. The molecule has 26 heavy (non-hydrogen) atoms. The largest absolute Gasteiger partial charge is 0.378 e. The summed E-state index contributed by atoms with van der Waals surface area (Å²) in [6.07, 6.45) is 6.44. The lowest BCUT2D eigenvalue weighted by molar-refractivity contribution is -0.123. The zero-order valence-corrected chi connectivity index (χ0v) is 14.7. The van der Waals surface area contributed by atoms with E-state index in [-0.39, 0.29) is 18.0 Å². The number of hydrogen-bond donors (Lipinski definition) is 4. The van der Waals surface area contributed by atoms with Crippen molar-refractivity contribution in [2.45, 2.75) is 31.7 Å². The van der Waals surface area contributed by atoms with Gasteiger partial charge >= 0.3 is 6.03 Å². The van der Waals surface area contributed by atoms with Gasteiger partial charge in [-0.15, -0.1) is 0 Å². The van der Waals surface area contributed by atoms with Crippen molar-refractivity contribution in [3.8, 4) is 0 Å². The van der Waals surface area contributed by atoms with E-state index in [0.29, 0.717) is 25.5 Å². The number of anilines is 2. The van der Waals surface area contributed by atoms with Crippen molar-refractivity contribution >= 4 is 29.5 Å². The Balaban J connectivity index is 1.45. The number of nitrogens with zero attached hydrogens (tertiary/aromatic N) is 2. The van der Waals surface area contributed by atoms with E-state index in [0.717, 1.165) is 36.5 Å². The molecule has 1 aliphatic carbocycles. The van der Waals surface area contributed by atoms with Crippen LogP contribution in [0.4, 0.5) is 16.3 Å². The zero-order chi connectivity index (χ0) is 17.9. The zero-order valence-electron chi connectivity index (χ0n) is 14.7. The smallest absolute Gasteiger partial charge is 0.320 e. The molecule has 1 aromatic heterocycles. The molecule has 0 radical (unpaired) electrons. The Kier molecular flexibility index (Phi) is 4.64. The number of aromatic nitrogens is 1. The number of nitrogens with one attached hydrogen (secondary N) is 4. The molecule has 4 rings (SSSR count). The highest BCUT2D eigenvalue weighted by molar-refractivity contribution is 5.89. The summed E-state index contributed by atoms with van der Waals surface area (Å²) in [4.78, 5) is 30.4. The van der Waals surface area contributed by atoms with Gasteiger partial charge < -0.3 is 20.9 Å². The van der Waals surface area contributed by atoms with E-state index in [2.05, 4.69) is 31.2 Å². The van der Waals surface area contributed by atoms with Crippen molar-refractivity contribution < 1.29 is 9.59 Å². The summed E-state index contributed by atoms with van der Waals surface area (Å²) in [6, 6.07) is 3.78. The highest BCUT2D eigenvalue weighted by Gasteiger charge is 2.22. The molecule has 0 spiro atoms. The van der Waals surface area contributed by atoms with Crippen LogP contribution in [0.15, 0.2) is 17.8 Å². The summed E-state index contributed by atoms with van der Waals surface area (Å²) >= 11 is 0. The van der Waals surface area contributed by atoms with E-state index in [9.17, 15) is 9.59 Å². The molecule has 8 nitrogen and oxygen atoms in total. The van der Waals surface area contributed by atoms with Crippen molar-refractivity contribution in [3.05, 3.63) is 23.5 Å². The molecule has 0 atom stereocenters. The second kappa shape index (κ2) is 7.23. The first-order valence-electron chi connectivity index (χ1n) is 9.22. The molecule has 0 unspecified atom stereocenters. The Morgan fingerprint density at radius 2 is 2.08 bits per heavy atom. The summed E-state index contributed by atoms with van der Waals surface area (Å²) in [5, 5.41) is 12.0. The highest BCUT2D eigenvalue weighted by atomic mass is 16.2. The van der Waals surface area contributed by atoms with Crippen molar-refractivity contribution in [2.75, 3.05) is 36.8 Å². The first kappa shape index (κ1) is 16.7. The predicted molar refractivity (Wildman–Crippen MR) is 99.7 cm³/mol. The third-order valence-electron chi connectivity index (χ3n) is 5.06. The number of urea groups is 1. The Morgan fingerprint density at radius 1 is 1.23 bits per heavy atom. The van der Waals surface area contributed by atoms with Gasteiger partial charge in [-0.05, 0) is 31.1 Å². The summed E-state index contributed by atoms with van der Waals surface area (Å²) in [5.74, 6) is 0.560. The number of pyridine rings is 1. The molecule has 3 amide bonds. The average molecular weight is 356 g/mol. The van der Waals surface area contributed by atoms with Crippen LogP contribution in [0.3, 0.4) is 0 Å². The van der Waals surface area contributed by atoms with E-state index < -0.39 is 0 Å². The molecule has 2 fully saturated rings. The van der Waals surface area contributed by atoms with Gasteiger partial charge in [0, 0.05) is 24.8 Å². The van der Waals surface area contributed by atoms with Gasteiger partial charge in [0.15, 0.2) is 0 Å². The molecule has 4 N–H and O–H groups in total. The van der Waals surface area contributed by atoms with Crippen LogP contribution in [0.1, 0.15) is 31.4 Å². The maximum absolute atomic E-state index is 12.1. The first-order valence-corrected chi connectivity index (χ1v) is 9.22. The van der Waals surface area contributed by atoms with Gasteiger partial charge in [0.1, 0.15) is 5.82 Å². The van der Waals surface area contributed by atoms with Crippen LogP contribution in [-0.4, -0.2) is 54.0 Å². The fourth-order valence-electron chi connectivity index (χ4n) is 3.69. The standard InChI is InChI=1S/C18H24N6O2/c25-17-11-24(8-7-19-17)13-9-15-14(20-10-13)5-6-16(22-15)23-18(26)21-12-3-1-2-4-12/h5-6,9,12,20H,1-4,7-8,10-11H2,(H,19,25)(H2,21,22,23,26). The Bertz CT molecular complexity index is 741. The van der Waals surface area contributed by atoms with Gasteiger partial charge in [-0.1, -0.05) is 12.8 Å². The van der Waals surface area contributed by atoms with Crippen LogP contribution >= 0.6 is 0 Å². The van der Waals surface area contributed by atoms with Gasteiger partial charge in [0.05, 0.1) is 24.5 Å². The summed E-state index contributed by atoms with van der Waals surface area (Å²) in [6.45, 7) is 2.47. The highest BCUT2D eigenvalue weighted by Crippen LogP contribution is 2.25. The van der Waals surface area contributed by atoms with Gasteiger partial charge in [-0.3, -0.25) is 10.1 Å². The lowest BCUT2D eigenvalue weighted by atomic mass is 10.1. The molecule has 1 saturated carbocycles. The lowest BCUT2D eigenvalue weighted by Gasteiger charge is -2.33. The molecule has 1 saturated heterocycles. The van der Waals surface area contributed by atoms with Gasteiger partial charge in [0.2, 0.25) is 5.91 Å². The molecule has 0 aromatic carbocycles. The minimum absolute atomic E-state index is 0.0370. The maximum Gasteiger partial charge on any atom is 0.320 e. The third kappa shape index (κ3) is 3.74. The number of carbonyl (C=O) groups excluding carboxylic acids is 2. The average Bonchev–Trinajstić information content (AvgIpc) is 3.14. The van der Waals surface area contributed by atoms with Crippen LogP contribution in [0.25, 0.3) is 6.08 Å². The quantitative estimate of drug-likeness (QED) is 0.655. The molecule has 2 aliphatic heterocycles. The number of fused-ring (bicyclic) bond motifs is 1. The number of hydrogen-bond acceptors (Lipinski definition) is 5. The topological polar surface area (TPSA) is 98.4 Å². The van der Waals surface area contributed by atoms with Crippen LogP contribution in [0.2, 0.25) is 0 Å². The van der Waals surface area contributed by atoms with Crippen LogP contribution in [0, 0.1) is 0 Å². The Hall–Kier alpha value is -2.77. The molecule has 8 heteroatoms. The molecular formula is C18H24N6O2. The van der Waals surface area contributed by atoms with Gasteiger partial charge in [0.25, 0.3) is 0 Å². The van der Waals surface area contributed by atoms with Crippen LogP contribution in [0.5, 0.6) is 0 Å². The normalized spacial score (nSPS) is 19.9. The molecule has 3 aliphatic rings. The van der Waals surface area contributed by atoms with Gasteiger partial charge in [-0.2, -0.15) is 0 Å². The lowest BCUT2D eigenvalue weighted by Crippen LogP contribution is -2.48. The summed E-state index contributed by atoms with van der Waals surface area (Å²) < 4.78 is 0. The van der Waals surface area contributed by atoms with E-state index in [4.69, 9.17) is 0 Å². The van der Waals surface area contributed by atoms with E-state index in [1.165, 1.54) is 12.8 Å². The maximum atomic E-state index is 12.1. The van der Waals surface area contributed by atoms with Crippen LogP contribution < -0.4 is 21.3 Å². The summed E-state index contributed by atoms with van der Waals surface area (Å²) in [5.41, 5.74) is 2.74. The van der Waals surface area contributed by atoms with Crippen molar-refractivity contribution in [3.63, 3.8) is 0 Å². The van der Waals surface area contributed by atoms with Crippen molar-refractivity contribution in [1.29, 1.82) is 0 Å². The summed E-state index contributed by atoms with van der Waals surface area (Å²) in [7, 11) is 0. The molecule has 3 heterocycles. The Morgan fingerprint density at radius 3 is 2.88 bits per heavy atom. The molecule has 138 valence electrons. The van der Waals surface area contributed by atoms with Gasteiger partial charge in [-0.25, -0.2) is 9.78 Å². The van der Waals surface area contributed by atoms with E-state index in [1.807, 2.05) is 12.1 Å². The van der Waals surface area contributed by atoms with Crippen LogP contribution in [-0.2, 0) is 4.79 Å². The number of amides is 3. The molecule has 0 bridgehead atoms. The fraction of sp³-hybridized carbons (Fsp3) is 0.500. The van der Waals surface area contributed by atoms with E-state index in [1.54, 1.807) is 6.07 Å². The Labute approximate surface area is 152 Å². The van der Waals surface area contributed by atoms with E-state index >= 15 is 0 Å². The third-order valence-corrected chi connectivity index (χ3v) is 5.06.